The lowest BCUT2D eigenvalue weighted by Gasteiger charge is -2.08. The minimum atomic E-state index is -4.63. The highest BCUT2D eigenvalue weighted by Crippen LogP contribution is 2.38. The standard InChI is InChI=1S/C11H8N2O6S3/c12-11-13-6-4-8(22(17,18)19)5-2-1-3-7(21(14,15)16)9(5)10(6)20-11/h1-4H,(H2,12,13)(H,14,15,16)(H,17,18,19). The number of nitrogen functional groups attached to an aromatic ring is 1. The zero-order valence-corrected chi connectivity index (χ0v) is 13.0. The molecule has 3 rings (SSSR count). The van der Waals surface area contributed by atoms with Crippen molar-refractivity contribution in [3.63, 3.8) is 0 Å². The maximum absolute atomic E-state index is 11.6. The first-order chi connectivity index (χ1) is 10.1. The van der Waals surface area contributed by atoms with E-state index < -0.39 is 30.0 Å². The Balaban J connectivity index is 2.72. The van der Waals surface area contributed by atoms with Gasteiger partial charge in [0.15, 0.2) is 5.13 Å². The van der Waals surface area contributed by atoms with Crippen molar-refractivity contribution in [2.75, 3.05) is 5.73 Å². The van der Waals surface area contributed by atoms with Gasteiger partial charge in [-0.1, -0.05) is 23.5 Å². The first-order valence-electron chi connectivity index (χ1n) is 5.66. The fraction of sp³-hybridized carbons (Fsp3) is 0. The van der Waals surface area contributed by atoms with Gasteiger partial charge in [0, 0.05) is 10.8 Å². The van der Waals surface area contributed by atoms with Crippen molar-refractivity contribution in [2.45, 2.75) is 9.79 Å². The van der Waals surface area contributed by atoms with Crippen molar-refractivity contribution in [1.29, 1.82) is 0 Å². The van der Waals surface area contributed by atoms with Crippen LogP contribution in [0.4, 0.5) is 5.13 Å². The highest BCUT2D eigenvalue weighted by atomic mass is 32.2. The lowest BCUT2D eigenvalue weighted by molar-refractivity contribution is 0.481. The Morgan fingerprint density at radius 1 is 1.05 bits per heavy atom. The van der Waals surface area contributed by atoms with Gasteiger partial charge < -0.3 is 5.73 Å². The number of rotatable bonds is 2. The van der Waals surface area contributed by atoms with Gasteiger partial charge in [0.05, 0.1) is 10.2 Å². The molecule has 0 saturated heterocycles. The van der Waals surface area contributed by atoms with E-state index in [-0.39, 0.29) is 21.4 Å². The van der Waals surface area contributed by atoms with Gasteiger partial charge in [0.2, 0.25) is 0 Å². The van der Waals surface area contributed by atoms with Crippen LogP contribution in [0.15, 0.2) is 34.1 Å². The SMILES string of the molecule is Nc1nc2cc(S(=O)(=O)O)c3cccc(S(=O)(=O)O)c3c2s1. The summed E-state index contributed by atoms with van der Waals surface area (Å²) in [5.41, 5.74) is 5.69. The van der Waals surface area contributed by atoms with Gasteiger partial charge in [-0.2, -0.15) is 16.8 Å². The molecular formula is C11H8N2O6S3. The molecule has 0 radical (unpaired) electrons. The van der Waals surface area contributed by atoms with Crippen molar-refractivity contribution >= 4 is 57.7 Å². The molecule has 0 spiro atoms. The molecule has 0 fully saturated rings. The Kier molecular flexibility index (Phi) is 3.16. The Morgan fingerprint density at radius 2 is 1.68 bits per heavy atom. The van der Waals surface area contributed by atoms with E-state index in [9.17, 15) is 25.9 Å². The second kappa shape index (κ2) is 4.60. The molecule has 0 saturated carbocycles. The molecular weight excluding hydrogens is 352 g/mol. The molecule has 3 aromatic rings. The average Bonchev–Trinajstić information content (AvgIpc) is 2.75. The topological polar surface area (TPSA) is 148 Å². The van der Waals surface area contributed by atoms with Crippen LogP contribution in [-0.4, -0.2) is 30.9 Å². The summed E-state index contributed by atoms with van der Waals surface area (Å²) < 4.78 is 65.2. The molecule has 0 aliphatic heterocycles. The van der Waals surface area contributed by atoms with Crippen molar-refractivity contribution in [1.82, 2.24) is 4.98 Å². The van der Waals surface area contributed by atoms with Gasteiger partial charge in [-0.3, -0.25) is 9.11 Å². The second-order valence-corrected chi connectivity index (χ2v) is 8.21. The Morgan fingerprint density at radius 3 is 2.27 bits per heavy atom. The summed E-state index contributed by atoms with van der Waals surface area (Å²) in [5.74, 6) is 0. The van der Waals surface area contributed by atoms with Crippen LogP contribution in [0.25, 0.3) is 21.0 Å². The van der Waals surface area contributed by atoms with Crippen LogP contribution in [0.1, 0.15) is 0 Å². The highest BCUT2D eigenvalue weighted by molar-refractivity contribution is 7.86. The molecule has 0 bridgehead atoms. The summed E-state index contributed by atoms with van der Waals surface area (Å²) in [6.07, 6.45) is 0. The molecule has 0 aliphatic carbocycles. The van der Waals surface area contributed by atoms with Gasteiger partial charge in [-0.15, -0.1) is 0 Å². The lowest BCUT2D eigenvalue weighted by atomic mass is 10.1. The number of anilines is 1. The van der Waals surface area contributed by atoms with Crippen LogP contribution < -0.4 is 5.73 Å². The van der Waals surface area contributed by atoms with Gasteiger partial charge in [0.1, 0.15) is 9.79 Å². The van der Waals surface area contributed by atoms with Crippen LogP contribution >= 0.6 is 11.3 Å². The molecule has 0 amide bonds. The number of hydrogen-bond acceptors (Lipinski definition) is 7. The van der Waals surface area contributed by atoms with Gasteiger partial charge >= 0.3 is 0 Å². The fourth-order valence-corrected chi connectivity index (χ4v) is 4.60. The van der Waals surface area contributed by atoms with Crippen LogP contribution in [0.2, 0.25) is 0 Å². The number of hydrogen-bond donors (Lipinski definition) is 3. The van der Waals surface area contributed by atoms with Crippen LogP contribution in [0.3, 0.4) is 0 Å². The minimum Gasteiger partial charge on any atom is -0.375 e. The largest absolute Gasteiger partial charge is 0.375 e. The zero-order chi connectivity index (χ0) is 16.3. The number of aromatic nitrogens is 1. The van der Waals surface area contributed by atoms with E-state index in [1.807, 2.05) is 0 Å². The van der Waals surface area contributed by atoms with E-state index in [4.69, 9.17) is 5.73 Å². The number of fused-ring (bicyclic) bond motifs is 3. The van der Waals surface area contributed by atoms with Crippen molar-refractivity contribution in [3.8, 4) is 0 Å². The summed E-state index contributed by atoms with van der Waals surface area (Å²) in [6.45, 7) is 0. The second-order valence-electron chi connectivity index (χ2n) is 4.40. The highest BCUT2D eigenvalue weighted by Gasteiger charge is 2.23. The summed E-state index contributed by atoms with van der Waals surface area (Å²) in [7, 11) is -9.24. The van der Waals surface area contributed by atoms with Gasteiger partial charge in [0.25, 0.3) is 20.2 Å². The zero-order valence-electron chi connectivity index (χ0n) is 10.6. The molecule has 1 aromatic heterocycles. The Labute approximate surface area is 128 Å². The smallest absolute Gasteiger partial charge is 0.295 e. The molecule has 4 N–H and O–H groups in total. The monoisotopic (exact) mass is 360 g/mol. The van der Waals surface area contributed by atoms with Crippen LogP contribution in [0.5, 0.6) is 0 Å². The predicted octanol–water partition coefficient (Wildman–Crippen LogP) is 1.53. The van der Waals surface area contributed by atoms with E-state index >= 15 is 0 Å². The molecule has 0 atom stereocenters. The van der Waals surface area contributed by atoms with E-state index in [1.165, 1.54) is 12.1 Å². The number of nitrogens with two attached hydrogens (primary N) is 1. The third-order valence-electron chi connectivity index (χ3n) is 3.01. The lowest BCUT2D eigenvalue weighted by Crippen LogP contribution is -2.03. The van der Waals surface area contributed by atoms with Gasteiger partial charge in [-0.05, 0) is 12.1 Å². The summed E-state index contributed by atoms with van der Waals surface area (Å²) >= 11 is 0.946. The van der Waals surface area contributed by atoms with Crippen molar-refractivity contribution < 1.29 is 25.9 Å². The molecule has 22 heavy (non-hydrogen) atoms. The van der Waals surface area contributed by atoms with E-state index in [0.29, 0.717) is 4.70 Å². The predicted molar refractivity (Wildman–Crippen MR) is 81.2 cm³/mol. The van der Waals surface area contributed by atoms with E-state index in [1.54, 1.807) is 0 Å². The molecule has 116 valence electrons. The summed E-state index contributed by atoms with van der Waals surface area (Å²) in [4.78, 5) is 2.91. The number of nitrogens with zero attached hydrogens (tertiary/aromatic N) is 1. The van der Waals surface area contributed by atoms with E-state index in [0.717, 1.165) is 23.5 Å². The van der Waals surface area contributed by atoms with Gasteiger partial charge in [-0.25, -0.2) is 4.98 Å². The Hall–Kier alpha value is -1.79. The minimum absolute atomic E-state index is 0.0474. The average molecular weight is 360 g/mol. The molecule has 1 heterocycles. The van der Waals surface area contributed by atoms with Crippen LogP contribution in [-0.2, 0) is 20.2 Å². The molecule has 2 aromatic carbocycles. The third-order valence-corrected chi connectivity index (χ3v) is 5.72. The summed E-state index contributed by atoms with van der Waals surface area (Å²) in [5, 5.41) is -0.00738. The number of thiazole rings is 1. The maximum atomic E-state index is 11.6. The molecule has 0 unspecified atom stereocenters. The Bertz CT molecular complexity index is 1100. The maximum Gasteiger partial charge on any atom is 0.295 e. The van der Waals surface area contributed by atoms with Crippen molar-refractivity contribution in [2.24, 2.45) is 0 Å². The summed E-state index contributed by atoms with van der Waals surface area (Å²) in [6, 6.07) is 4.81. The molecule has 11 heteroatoms. The third kappa shape index (κ3) is 2.32. The normalized spacial score (nSPS) is 13.0. The molecule has 8 nitrogen and oxygen atoms in total. The van der Waals surface area contributed by atoms with Crippen LogP contribution in [0, 0.1) is 0 Å². The quantitative estimate of drug-likeness (QED) is 0.583. The number of benzene rings is 2. The van der Waals surface area contributed by atoms with E-state index in [2.05, 4.69) is 4.98 Å². The van der Waals surface area contributed by atoms with Crippen molar-refractivity contribution in [3.05, 3.63) is 24.3 Å². The first-order valence-corrected chi connectivity index (χ1v) is 9.35. The molecule has 0 aliphatic rings. The first kappa shape index (κ1) is 15.1. The fourth-order valence-electron chi connectivity index (χ4n) is 2.23.